The highest BCUT2D eigenvalue weighted by atomic mass is 35.5. The summed E-state index contributed by atoms with van der Waals surface area (Å²) in [6.07, 6.45) is 0. The number of aromatic nitrogens is 1. The van der Waals surface area contributed by atoms with Crippen LogP contribution in [0.3, 0.4) is 0 Å². The SMILES string of the molecule is CCOC(=O)C1=C(CSc2nc3cc(Cl)ccc3s2)NC(=O)N[C@@H]1C. The van der Waals surface area contributed by atoms with Crippen molar-refractivity contribution in [3.05, 3.63) is 34.5 Å². The van der Waals surface area contributed by atoms with Gasteiger partial charge in [-0.1, -0.05) is 23.4 Å². The van der Waals surface area contributed by atoms with Crippen LogP contribution >= 0.6 is 34.7 Å². The zero-order chi connectivity index (χ0) is 18.0. The molecule has 2 heterocycles. The van der Waals surface area contributed by atoms with E-state index in [4.69, 9.17) is 16.3 Å². The molecule has 3 rings (SSSR count). The highest BCUT2D eigenvalue weighted by Crippen LogP contribution is 2.32. The molecule has 2 amide bonds. The van der Waals surface area contributed by atoms with Gasteiger partial charge in [0.05, 0.1) is 28.4 Å². The Labute approximate surface area is 158 Å². The van der Waals surface area contributed by atoms with Gasteiger partial charge in [0.2, 0.25) is 0 Å². The van der Waals surface area contributed by atoms with Crippen LogP contribution in [0.2, 0.25) is 5.02 Å². The third-order valence-electron chi connectivity index (χ3n) is 3.54. The highest BCUT2D eigenvalue weighted by Gasteiger charge is 2.29. The number of halogens is 1. The molecule has 2 N–H and O–H groups in total. The van der Waals surface area contributed by atoms with Crippen LogP contribution in [0.4, 0.5) is 4.79 Å². The first-order valence-electron chi connectivity index (χ1n) is 7.64. The van der Waals surface area contributed by atoms with Gasteiger partial charge in [0.15, 0.2) is 4.34 Å². The lowest BCUT2D eigenvalue weighted by molar-refractivity contribution is -0.138. The van der Waals surface area contributed by atoms with Crippen molar-refractivity contribution < 1.29 is 14.3 Å². The molecule has 0 unspecified atom stereocenters. The summed E-state index contributed by atoms with van der Waals surface area (Å²) >= 11 is 8.99. The molecule has 25 heavy (non-hydrogen) atoms. The first-order valence-corrected chi connectivity index (χ1v) is 9.82. The first-order chi connectivity index (χ1) is 12.0. The minimum Gasteiger partial charge on any atom is -0.463 e. The quantitative estimate of drug-likeness (QED) is 0.595. The van der Waals surface area contributed by atoms with E-state index in [1.54, 1.807) is 25.2 Å². The van der Waals surface area contributed by atoms with Crippen LogP contribution in [-0.2, 0) is 9.53 Å². The monoisotopic (exact) mass is 397 g/mol. The molecule has 1 atom stereocenters. The molecule has 0 bridgehead atoms. The number of urea groups is 1. The molecule has 1 aromatic heterocycles. The summed E-state index contributed by atoms with van der Waals surface area (Å²) in [4.78, 5) is 28.5. The van der Waals surface area contributed by atoms with Crippen molar-refractivity contribution in [2.75, 3.05) is 12.4 Å². The molecule has 0 spiro atoms. The normalized spacial score (nSPS) is 17.4. The Kier molecular flexibility index (Phi) is 5.51. The molecule has 6 nitrogen and oxygen atoms in total. The van der Waals surface area contributed by atoms with Crippen LogP contribution < -0.4 is 10.6 Å². The van der Waals surface area contributed by atoms with Crippen molar-refractivity contribution >= 4 is 56.9 Å². The smallest absolute Gasteiger partial charge is 0.337 e. The summed E-state index contributed by atoms with van der Waals surface area (Å²) in [6, 6.07) is 4.84. The van der Waals surface area contributed by atoms with Gasteiger partial charge in [-0.15, -0.1) is 11.3 Å². The van der Waals surface area contributed by atoms with E-state index in [1.165, 1.54) is 11.8 Å². The maximum Gasteiger partial charge on any atom is 0.337 e. The minimum atomic E-state index is -0.422. The predicted octanol–water partition coefficient (Wildman–Crippen LogP) is 3.56. The average molecular weight is 398 g/mol. The topological polar surface area (TPSA) is 80.3 Å². The maximum absolute atomic E-state index is 12.2. The molecule has 0 saturated carbocycles. The molecule has 132 valence electrons. The number of fused-ring (bicyclic) bond motifs is 1. The van der Waals surface area contributed by atoms with Crippen LogP contribution in [0, 0.1) is 0 Å². The largest absolute Gasteiger partial charge is 0.463 e. The number of thiazole rings is 1. The minimum absolute atomic E-state index is 0.280. The summed E-state index contributed by atoms with van der Waals surface area (Å²) in [5, 5.41) is 6.03. The molecule has 0 aliphatic carbocycles. The van der Waals surface area contributed by atoms with E-state index in [9.17, 15) is 9.59 Å². The third-order valence-corrected chi connectivity index (χ3v) is 5.98. The van der Waals surface area contributed by atoms with Crippen LogP contribution in [0.15, 0.2) is 33.8 Å². The fraction of sp³-hybridized carbons (Fsp3) is 0.312. The van der Waals surface area contributed by atoms with E-state index < -0.39 is 12.0 Å². The molecule has 9 heteroatoms. The van der Waals surface area contributed by atoms with Gasteiger partial charge in [0.25, 0.3) is 0 Å². The lowest BCUT2D eigenvalue weighted by Crippen LogP contribution is -2.49. The molecule has 1 aromatic carbocycles. The molecule has 0 radical (unpaired) electrons. The van der Waals surface area contributed by atoms with E-state index in [0.717, 1.165) is 14.6 Å². The Morgan fingerprint density at radius 2 is 2.28 bits per heavy atom. The zero-order valence-electron chi connectivity index (χ0n) is 13.6. The second kappa shape index (κ2) is 7.63. The van der Waals surface area contributed by atoms with Crippen molar-refractivity contribution in [3.63, 3.8) is 0 Å². The van der Waals surface area contributed by atoms with E-state index in [-0.39, 0.29) is 12.6 Å². The molecule has 1 aliphatic heterocycles. The number of benzene rings is 1. The van der Waals surface area contributed by atoms with Gasteiger partial charge in [-0.3, -0.25) is 0 Å². The highest BCUT2D eigenvalue weighted by molar-refractivity contribution is 8.01. The van der Waals surface area contributed by atoms with Crippen molar-refractivity contribution in [3.8, 4) is 0 Å². The standard InChI is InChI=1S/C16H16ClN3O3S2/c1-3-23-14(21)13-8(2)18-15(22)19-11(13)7-24-16-20-10-6-9(17)4-5-12(10)25-16/h4-6,8H,3,7H2,1-2H3,(H2,18,19,22)/t8-/m1/s1. The number of hydrogen-bond acceptors (Lipinski definition) is 6. The van der Waals surface area contributed by atoms with Gasteiger partial charge in [-0.2, -0.15) is 0 Å². The van der Waals surface area contributed by atoms with Crippen LogP contribution in [0.5, 0.6) is 0 Å². The van der Waals surface area contributed by atoms with Crippen LogP contribution in [0.1, 0.15) is 13.8 Å². The lowest BCUT2D eigenvalue weighted by Gasteiger charge is -2.26. The van der Waals surface area contributed by atoms with Gasteiger partial charge in [0.1, 0.15) is 0 Å². The summed E-state index contributed by atoms with van der Waals surface area (Å²) in [6.45, 7) is 3.79. The lowest BCUT2D eigenvalue weighted by atomic mass is 10.1. The predicted molar refractivity (Wildman–Crippen MR) is 100 cm³/mol. The second-order valence-corrected chi connectivity index (χ2v) is 8.00. The van der Waals surface area contributed by atoms with Crippen LogP contribution in [-0.4, -0.2) is 35.4 Å². The van der Waals surface area contributed by atoms with Gasteiger partial charge in [-0.25, -0.2) is 14.6 Å². The number of nitrogens with one attached hydrogen (secondary N) is 2. The van der Waals surface area contributed by atoms with E-state index in [1.807, 2.05) is 18.2 Å². The Hall–Kier alpha value is -1.77. The van der Waals surface area contributed by atoms with Crippen molar-refractivity contribution in [2.24, 2.45) is 0 Å². The zero-order valence-corrected chi connectivity index (χ0v) is 16.0. The fourth-order valence-electron chi connectivity index (χ4n) is 2.47. The molecule has 0 saturated heterocycles. The number of ether oxygens (including phenoxy) is 1. The average Bonchev–Trinajstić information content (AvgIpc) is 2.94. The van der Waals surface area contributed by atoms with Crippen molar-refractivity contribution in [1.29, 1.82) is 0 Å². The van der Waals surface area contributed by atoms with Crippen molar-refractivity contribution in [2.45, 2.75) is 24.2 Å². The number of thioether (sulfide) groups is 1. The number of amides is 2. The maximum atomic E-state index is 12.2. The number of hydrogen-bond donors (Lipinski definition) is 2. The van der Waals surface area contributed by atoms with E-state index in [0.29, 0.717) is 22.0 Å². The second-order valence-electron chi connectivity index (χ2n) is 5.31. The summed E-state index contributed by atoms with van der Waals surface area (Å²) in [5.74, 6) is -0.00592. The number of nitrogens with zero attached hydrogens (tertiary/aromatic N) is 1. The van der Waals surface area contributed by atoms with E-state index >= 15 is 0 Å². The van der Waals surface area contributed by atoms with Gasteiger partial charge in [-0.05, 0) is 32.0 Å². The molecular formula is C16H16ClN3O3S2. The summed E-state index contributed by atoms with van der Waals surface area (Å²) < 4.78 is 6.98. The number of rotatable bonds is 5. The molecule has 0 fully saturated rings. The first kappa shape index (κ1) is 18.0. The Balaban J connectivity index is 1.82. The van der Waals surface area contributed by atoms with Crippen LogP contribution in [0.25, 0.3) is 10.2 Å². The Bertz CT molecular complexity index is 865. The van der Waals surface area contributed by atoms with E-state index in [2.05, 4.69) is 15.6 Å². The third kappa shape index (κ3) is 4.08. The Morgan fingerprint density at radius 1 is 1.48 bits per heavy atom. The summed E-state index contributed by atoms with van der Waals surface area (Å²) in [7, 11) is 0. The number of carbonyl (C=O) groups is 2. The fourth-order valence-corrected chi connectivity index (χ4v) is 4.65. The van der Waals surface area contributed by atoms with Gasteiger partial charge < -0.3 is 15.4 Å². The van der Waals surface area contributed by atoms with Gasteiger partial charge >= 0.3 is 12.0 Å². The molecule has 1 aliphatic rings. The number of esters is 1. The van der Waals surface area contributed by atoms with Gasteiger partial charge in [0, 0.05) is 16.5 Å². The van der Waals surface area contributed by atoms with Crippen molar-refractivity contribution in [1.82, 2.24) is 15.6 Å². The molecule has 2 aromatic rings. The molecular weight excluding hydrogens is 382 g/mol. The Morgan fingerprint density at radius 3 is 3.04 bits per heavy atom. The number of carbonyl (C=O) groups excluding carboxylic acids is 2. The summed E-state index contributed by atoms with van der Waals surface area (Å²) in [5.41, 5.74) is 1.83.